The van der Waals surface area contributed by atoms with Crippen LogP contribution in [0.1, 0.15) is 30.0 Å². The van der Waals surface area contributed by atoms with Crippen LogP contribution in [0.25, 0.3) is 0 Å². The first-order valence-electron chi connectivity index (χ1n) is 6.50. The fraction of sp³-hybridized carbons (Fsp3) is 0.333. The molecule has 0 fully saturated rings. The largest absolute Gasteiger partial charge is 0.396 e. The minimum absolute atomic E-state index is 0.121. The topological polar surface area (TPSA) is 58.0 Å². The smallest absolute Gasteiger partial charge is 0.223 e. The summed E-state index contributed by atoms with van der Waals surface area (Å²) in [4.78, 5) is 8.53. The number of hydrogen-bond donors (Lipinski definition) is 2. The van der Waals surface area contributed by atoms with Gasteiger partial charge in [-0.05, 0) is 30.9 Å². The maximum absolute atomic E-state index is 9.01. The Morgan fingerprint density at radius 1 is 1.16 bits per heavy atom. The highest BCUT2D eigenvalue weighted by atomic mass is 16.2. The molecule has 0 bridgehead atoms. The zero-order valence-corrected chi connectivity index (χ0v) is 11.1. The fourth-order valence-corrected chi connectivity index (χ4v) is 1.93. The first-order valence-corrected chi connectivity index (χ1v) is 6.50. The van der Waals surface area contributed by atoms with Gasteiger partial charge in [0, 0.05) is 19.0 Å². The molecule has 19 heavy (non-hydrogen) atoms. The van der Waals surface area contributed by atoms with Gasteiger partial charge in [-0.3, -0.25) is 0 Å². The van der Waals surface area contributed by atoms with Gasteiger partial charge in [-0.15, -0.1) is 0 Å². The molecule has 2 rings (SSSR count). The van der Waals surface area contributed by atoms with E-state index in [0.717, 1.165) is 18.4 Å². The Bertz CT molecular complexity index is 485. The van der Waals surface area contributed by atoms with Gasteiger partial charge in [-0.25, -0.2) is 9.97 Å². The molecule has 100 valence electrons. The van der Waals surface area contributed by atoms with Crippen molar-refractivity contribution in [3.05, 3.63) is 53.9 Å². The second-order valence-corrected chi connectivity index (χ2v) is 4.56. The number of rotatable bonds is 6. The molecule has 4 heteroatoms. The van der Waals surface area contributed by atoms with Crippen molar-refractivity contribution in [2.24, 2.45) is 0 Å². The van der Waals surface area contributed by atoms with Gasteiger partial charge in [-0.2, -0.15) is 0 Å². The molecule has 0 saturated heterocycles. The lowest BCUT2D eigenvalue weighted by Crippen LogP contribution is -2.13. The maximum Gasteiger partial charge on any atom is 0.223 e. The summed E-state index contributed by atoms with van der Waals surface area (Å²) < 4.78 is 0. The van der Waals surface area contributed by atoms with Crippen molar-refractivity contribution in [2.45, 2.75) is 25.8 Å². The van der Waals surface area contributed by atoms with E-state index in [-0.39, 0.29) is 12.6 Å². The third-order valence-corrected chi connectivity index (χ3v) is 2.94. The number of aromatic nitrogens is 2. The summed E-state index contributed by atoms with van der Waals surface area (Å²) in [7, 11) is 0. The number of benzene rings is 1. The Kier molecular flexibility index (Phi) is 4.86. The third-order valence-electron chi connectivity index (χ3n) is 2.94. The monoisotopic (exact) mass is 257 g/mol. The van der Waals surface area contributed by atoms with Gasteiger partial charge in [0.25, 0.3) is 0 Å². The summed E-state index contributed by atoms with van der Waals surface area (Å²) in [6.45, 7) is 2.16. The molecule has 0 unspecified atom stereocenters. The van der Waals surface area contributed by atoms with Crippen LogP contribution in [-0.2, 0) is 0 Å². The normalized spacial score (nSPS) is 12.1. The summed E-state index contributed by atoms with van der Waals surface area (Å²) in [5, 5.41) is 12.3. The molecule has 0 radical (unpaired) electrons. The second-order valence-electron chi connectivity index (χ2n) is 4.56. The molecule has 1 atom stereocenters. The molecule has 0 aliphatic rings. The number of aliphatic hydroxyl groups is 1. The van der Waals surface area contributed by atoms with Crippen LogP contribution < -0.4 is 5.32 Å². The summed E-state index contributed by atoms with van der Waals surface area (Å²) in [5.74, 6) is 0.623. The Hall–Kier alpha value is -1.94. The lowest BCUT2D eigenvalue weighted by atomic mass is 10.0. The van der Waals surface area contributed by atoms with Gasteiger partial charge in [0.05, 0.1) is 6.04 Å². The predicted octanol–water partition coefficient (Wildman–Crippen LogP) is 2.71. The van der Waals surface area contributed by atoms with Crippen molar-refractivity contribution >= 4 is 5.95 Å². The van der Waals surface area contributed by atoms with Crippen LogP contribution in [-0.4, -0.2) is 21.7 Å². The maximum atomic E-state index is 9.01. The highest BCUT2D eigenvalue weighted by molar-refractivity contribution is 5.32. The molecule has 1 aromatic carbocycles. The van der Waals surface area contributed by atoms with Crippen LogP contribution in [0.3, 0.4) is 0 Å². The molecular formula is C15H19N3O. The molecule has 2 aromatic rings. The number of aliphatic hydroxyl groups excluding tert-OH is 1. The number of aryl methyl sites for hydroxylation is 1. The van der Waals surface area contributed by atoms with Crippen molar-refractivity contribution in [3.8, 4) is 0 Å². The van der Waals surface area contributed by atoms with E-state index < -0.39 is 0 Å². The van der Waals surface area contributed by atoms with E-state index in [0.29, 0.717) is 5.95 Å². The van der Waals surface area contributed by atoms with Crippen LogP contribution in [0, 0.1) is 6.92 Å². The average Bonchev–Trinajstić information content (AvgIpc) is 2.46. The molecule has 4 nitrogen and oxygen atoms in total. The quantitative estimate of drug-likeness (QED) is 0.835. The molecule has 0 aliphatic carbocycles. The first-order chi connectivity index (χ1) is 9.29. The van der Waals surface area contributed by atoms with E-state index in [9.17, 15) is 0 Å². The van der Waals surface area contributed by atoms with E-state index in [1.54, 1.807) is 12.4 Å². The minimum Gasteiger partial charge on any atom is -0.396 e. The van der Waals surface area contributed by atoms with Crippen molar-refractivity contribution < 1.29 is 5.11 Å². The van der Waals surface area contributed by atoms with Gasteiger partial charge in [-0.1, -0.05) is 30.3 Å². The Morgan fingerprint density at radius 2 is 1.84 bits per heavy atom. The van der Waals surface area contributed by atoms with Gasteiger partial charge < -0.3 is 10.4 Å². The average molecular weight is 257 g/mol. The van der Waals surface area contributed by atoms with Crippen molar-refractivity contribution in [2.75, 3.05) is 11.9 Å². The molecule has 0 spiro atoms. The van der Waals surface area contributed by atoms with Crippen molar-refractivity contribution in [3.63, 3.8) is 0 Å². The number of nitrogens with zero attached hydrogens (tertiary/aromatic N) is 2. The highest BCUT2D eigenvalue weighted by Gasteiger charge is 2.11. The minimum atomic E-state index is 0.121. The molecule has 0 aliphatic heterocycles. The lowest BCUT2D eigenvalue weighted by molar-refractivity contribution is 0.281. The predicted molar refractivity (Wildman–Crippen MR) is 75.9 cm³/mol. The van der Waals surface area contributed by atoms with Crippen LogP contribution in [0.15, 0.2) is 42.7 Å². The molecular weight excluding hydrogens is 238 g/mol. The molecule has 1 heterocycles. The highest BCUT2D eigenvalue weighted by Crippen LogP contribution is 2.21. The Labute approximate surface area is 113 Å². The zero-order valence-electron chi connectivity index (χ0n) is 11.1. The van der Waals surface area contributed by atoms with E-state index in [4.69, 9.17) is 5.11 Å². The van der Waals surface area contributed by atoms with Crippen molar-refractivity contribution in [1.82, 2.24) is 9.97 Å². The number of hydrogen-bond acceptors (Lipinski definition) is 4. The molecule has 0 saturated carbocycles. The lowest BCUT2D eigenvalue weighted by Gasteiger charge is -2.18. The Morgan fingerprint density at radius 3 is 2.47 bits per heavy atom. The first kappa shape index (κ1) is 13.5. The fourth-order valence-electron chi connectivity index (χ4n) is 1.93. The molecule has 0 amide bonds. The summed E-state index contributed by atoms with van der Waals surface area (Å²) >= 11 is 0. The summed E-state index contributed by atoms with van der Waals surface area (Å²) in [5.41, 5.74) is 2.22. The Balaban J connectivity index is 2.11. The third kappa shape index (κ3) is 4.03. The SMILES string of the molecule is Cc1cnc(N[C@@H](CCCO)c2ccccc2)nc1. The number of nitrogens with one attached hydrogen (secondary N) is 1. The summed E-state index contributed by atoms with van der Waals surface area (Å²) in [6.07, 6.45) is 5.18. The van der Waals surface area contributed by atoms with Gasteiger partial charge >= 0.3 is 0 Å². The van der Waals surface area contributed by atoms with Crippen LogP contribution >= 0.6 is 0 Å². The number of anilines is 1. The van der Waals surface area contributed by atoms with E-state index >= 15 is 0 Å². The van der Waals surface area contributed by atoms with Gasteiger partial charge in [0.15, 0.2) is 0 Å². The molecule has 2 N–H and O–H groups in total. The van der Waals surface area contributed by atoms with E-state index in [1.165, 1.54) is 5.56 Å². The standard InChI is InChI=1S/C15H19N3O/c1-12-10-16-15(17-11-12)18-14(8-5-9-19)13-6-3-2-4-7-13/h2-4,6-7,10-11,14,19H,5,8-9H2,1H3,(H,16,17,18)/t14-/m0/s1. The van der Waals surface area contributed by atoms with E-state index in [2.05, 4.69) is 27.4 Å². The van der Waals surface area contributed by atoms with E-state index in [1.807, 2.05) is 25.1 Å². The van der Waals surface area contributed by atoms with Gasteiger partial charge in [0.1, 0.15) is 0 Å². The zero-order chi connectivity index (χ0) is 13.5. The van der Waals surface area contributed by atoms with Crippen molar-refractivity contribution in [1.29, 1.82) is 0 Å². The van der Waals surface area contributed by atoms with Crippen LogP contribution in [0.5, 0.6) is 0 Å². The van der Waals surface area contributed by atoms with Gasteiger partial charge in [0.2, 0.25) is 5.95 Å². The van der Waals surface area contributed by atoms with Crippen LogP contribution in [0.2, 0.25) is 0 Å². The molecule has 1 aromatic heterocycles. The second kappa shape index (κ2) is 6.85. The van der Waals surface area contributed by atoms with Crippen LogP contribution in [0.4, 0.5) is 5.95 Å². The summed E-state index contributed by atoms with van der Waals surface area (Å²) in [6, 6.07) is 10.3.